The van der Waals surface area contributed by atoms with Crippen molar-refractivity contribution in [3.8, 4) is 0 Å². The van der Waals surface area contributed by atoms with E-state index in [1.807, 2.05) is 6.07 Å². The van der Waals surface area contributed by atoms with E-state index in [2.05, 4.69) is 40.0 Å². The minimum Gasteiger partial charge on any atom is -0.398 e. The minimum absolute atomic E-state index is 0. The smallest absolute Gasteiger partial charge is 0.253 e. The molecule has 1 aliphatic rings. The van der Waals surface area contributed by atoms with E-state index in [-0.39, 0.29) is 24.4 Å². The van der Waals surface area contributed by atoms with Crippen molar-refractivity contribution in [1.29, 1.82) is 0 Å². The van der Waals surface area contributed by atoms with Gasteiger partial charge in [-0.05, 0) is 44.9 Å². The molecule has 0 unspecified atom stereocenters. The molecule has 0 radical (unpaired) electrons. The Balaban J connectivity index is 0.00000220. The van der Waals surface area contributed by atoms with Gasteiger partial charge in [0, 0.05) is 35.3 Å². The van der Waals surface area contributed by atoms with Crippen molar-refractivity contribution in [2.45, 2.75) is 38.8 Å². The van der Waals surface area contributed by atoms with Crippen LogP contribution in [0.5, 0.6) is 0 Å². The van der Waals surface area contributed by atoms with Gasteiger partial charge >= 0.3 is 0 Å². The Morgan fingerprint density at radius 3 is 2.52 bits per heavy atom. The van der Waals surface area contributed by atoms with Gasteiger partial charge in [-0.1, -0.05) is 15.9 Å². The molecule has 21 heavy (non-hydrogen) atoms. The van der Waals surface area contributed by atoms with E-state index in [4.69, 9.17) is 5.73 Å². The number of nitrogens with one attached hydrogen (secondary N) is 1. The third-order valence-corrected chi connectivity index (χ3v) is 4.35. The number of nitrogens with zero attached hydrogens (tertiary/aromatic N) is 1. The molecule has 0 aliphatic carbocycles. The first-order valence-corrected chi connectivity index (χ1v) is 7.86. The van der Waals surface area contributed by atoms with Crippen molar-refractivity contribution < 1.29 is 4.79 Å². The van der Waals surface area contributed by atoms with Gasteiger partial charge in [-0.15, -0.1) is 12.4 Å². The zero-order valence-electron chi connectivity index (χ0n) is 12.4. The maximum absolute atomic E-state index is 12.2. The predicted molar refractivity (Wildman–Crippen MR) is 93.0 cm³/mol. The molecule has 1 saturated heterocycles. The second-order valence-corrected chi connectivity index (χ2v) is 6.52. The average molecular weight is 377 g/mol. The lowest BCUT2D eigenvalue weighted by molar-refractivity contribution is 0.0901. The van der Waals surface area contributed by atoms with Gasteiger partial charge < -0.3 is 16.0 Å². The largest absolute Gasteiger partial charge is 0.398 e. The highest BCUT2D eigenvalue weighted by atomic mass is 79.9. The summed E-state index contributed by atoms with van der Waals surface area (Å²) in [6, 6.07) is 6.19. The Labute approximate surface area is 141 Å². The van der Waals surface area contributed by atoms with Gasteiger partial charge in [0.2, 0.25) is 0 Å². The highest BCUT2D eigenvalue weighted by Crippen LogP contribution is 2.19. The summed E-state index contributed by atoms with van der Waals surface area (Å²) in [5, 5.41) is 3.09. The topological polar surface area (TPSA) is 58.4 Å². The van der Waals surface area contributed by atoms with E-state index in [1.165, 1.54) is 0 Å². The molecular weight excluding hydrogens is 354 g/mol. The van der Waals surface area contributed by atoms with E-state index in [9.17, 15) is 4.79 Å². The van der Waals surface area contributed by atoms with Crippen LogP contribution >= 0.6 is 28.3 Å². The molecule has 1 heterocycles. The fourth-order valence-electron chi connectivity index (χ4n) is 2.56. The highest BCUT2D eigenvalue weighted by Gasteiger charge is 2.22. The first-order chi connectivity index (χ1) is 9.47. The molecule has 1 amide bonds. The van der Waals surface area contributed by atoms with Crippen molar-refractivity contribution in [2.75, 3.05) is 18.8 Å². The molecule has 118 valence electrons. The standard InChI is InChI=1S/C15H22BrN3O.ClH/c1-10(2)19-7-5-12(6-8-19)18-15(20)13-4-3-11(16)9-14(13)17;/h3-4,9-10,12H,5-8,17H2,1-2H3,(H,18,20);1H. The first kappa shape index (κ1) is 18.3. The number of anilines is 1. The van der Waals surface area contributed by atoms with Crippen molar-refractivity contribution >= 4 is 39.9 Å². The number of hydrogen-bond donors (Lipinski definition) is 2. The molecule has 0 saturated carbocycles. The number of halogens is 2. The highest BCUT2D eigenvalue weighted by molar-refractivity contribution is 9.10. The van der Waals surface area contributed by atoms with Crippen molar-refractivity contribution in [1.82, 2.24) is 10.2 Å². The molecule has 2 rings (SSSR count). The lowest BCUT2D eigenvalue weighted by atomic mass is 10.0. The monoisotopic (exact) mass is 375 g/mol. The van der Waals surface area contributed by atoms with Gasteiger partial charge in [-0.2, -0.15) is 0 Å². The fraction of sp³-hybridized carbons (Fsp3) is 0.533. The molecule has 3 N–H and O–H groups in total. The zero-order chi connectivity index (χ0) is 14.7. The second kappa shape index (κ2) is 8.01. The molecule has 6 heteroatoms. The van der Waals surface area contributed by atoms with E-state index in [0.717, 1.165) is 30.4 Å². The second-order valence-electron chi connectivity index (χ2n) is 5.61. The van der Waals surface area contributed by atoms with E-state index in [0.29, 0.717) is 17.3 Å². The van der Waals surface area contributed by atoms with Crippen LogP contribution in [0.25, 0.3) is 0 Å². The first-order valence-electron chi connectivity index (χ1n) is 7.07. The molecule has 4 nitrogen and oxygen atoms in total. The Kier molecular flexibility index (Phi) is 6.97. The van der Waals surface area contributed by atoms with Crippen molar-refractivity contribution in [2.24, 2.45) is 0 Å². The number of benzene rings is 1. The summed E-state index contributed by atoms with van der Waals surface area (Å²) in [5.41, 5.74) is 6.96. The molecule has 1 fully saturated rings. The summed E-state index contributed by atoms with van der Waals surface area (Å²) >= 11 is 3.35. The number of rotatable bonds is 3. The van der Waals surface area contributed by atoms with E-state index in [1.54, 1.807) is 12.1 Å². The van der Waals surface area contributed by atoms with Crippen LogP contribution < -0.4 is 11.1 Å². The lowest BCUT2D eigenvalue weighted by Gasteiger charge is -2.34. The summed E-state index contributed by atoms with van der Waals surface area (Å²) in [5.74, 6) is -0.0713. The molecule has 0 bridgehead atoms. The maximum Gasteiger partial charge on any atom is 0.253 e. The van der Waals surface area contributed by atoms with Crippen LogP contribution in [0, 0.1) is 0 Å². The molecule has 0 atom stereocenters. The maximum atomic E-state index is 12.2. The molecule has 1 aliphatic heterocycles. The van der Waals surface area contributed by atoms with E-state index >= 15 is 0 Å². The summed E-state index contributed by atoms with van der Waals surface area (Å²) < 4.78 is 0.886. The Morgan fingerprint density at radius 1 is 1.38 bits per heavy atom. The number of carbonyl (C=O) groups is 1. The summed E-state index contributed by atoms with van der Waals surface area (Å²) in [6.45, 7) is 6.50. The van der Waals surface area contributed by atoms with Crippen LogP contribution in [0.2, 0.25) is 0 Å². The Morgan fingerprint density at radius 2 is 2.00 bits per heavy atom. The van der Waals surface area contributed by atoms with Gasteiger partial charge in [-0.25, -0.2) is 0 Å². The van der Waals surface area contributed by atoms with Gasteiger partial charge in [-0.3, -0.25) is 4.79 Å². The number of amides is 1. The SMILES string of the molecule is CC(C)N1CCC(NC(=O)c2ccc(Br)cc2N)CC1.Cl. The number of nitrogen functional groups attached to an aromatic ring is 1. The molecule has 0 aromatic heterocycles. The van der Waals surface area contributed by atoms with Gasteiger partial charge in [0.25, 0.3) is 5.91 Å². The quantitative estimate of drug-likeness (QED) is 0.797. The van der Waals surface area contributed by atoms with Crippen LogP contribution in [0.1, 0.15) is 37.0 Å². The number of likely N-dealkylation sites (tertiary alicyclic amines) is 1. The number of piperidine rings is 1. The lowest BCUT2D eigenvalue weighted by Crippen LogP contribution is -2.46. The summed E-state index contributed by atoms with van der Waals surface area (Å²) in [6.07, 6.45) is 2.00. The number of nitrogens with two attached hydrogens (primary N) is 1. The van der Waals surface area contributed by atoms with Crippen LogP contribution in [0.15, 0.2) is 22.7 Å². The summed E-state index contributed by atoms with van der Waals surface area (Å²) in [7, 11) is 0. The van der Waals surface area contributed by atoms with Crippen LogP contribution in [-0.4, -0.2) is 36.0 Å². The number of carbonyl (C=O) groups excluding carboxylic acids is 1. The third-order valence-electron chi connectivity index (χ3n) is 3.85. The van der Waals surface area contributed by atoms with Crippen molar-refractivity contribution in [3.05, 3.63) is 28.2 Å². The predicted octanol–water partition coefficient (Wildman–Crippen LogP) is 3.06. The minimum atomic E-state index is -0.0713. The van der Waals surface area contributed by atoms with Crippen LogP contribution in [0.3, 0.4) is 0 Å². The fourth-order valence-corrected chi connectivity index (χ4v) is 2.94. The van der Waals surface area contributed by atoms with Crippen LogP contribution in [-0.2, 0) is 0 Å². The third kappa shape index (κ3) is 4.87. The normalized spacial score (nSPS) is 16.6. The molecular formula is C15H23BrClN3O. The Bertz CT molecular complexity index is 488. The molecule has 1 aromatic carbocycles. The number of hydrogen-bond acceptors (Lipinski definition) is 3. The molecule has 0 spiro atoms. The van der Waals surface area contributed by atoms with E-state index < -0.39 is 0 Å². The van der Waals surface area contributed by atoms with Gasteiger partial charge in [0.1, 0.15) is 0 Å². The average Bonchev–Trinajstić information content (AvgIpc) is 2.39. The Hall–Kier alpha value is -0.780. The zero-order valence-corrected chi connectivity index (χ0v) is 14.8. The van der Waals surface area contributed by atoms with Gasteiger partial charge in [0.05, 0.1) is 5.56 Å². The van der Waals surface area contributed by atoms with Crippen molar-refractivity contribution in [3.63, 3.8) is 0 Å². The molecule has 1 aromatic rings. The van der Waals surface area contributed by atoms with Gasteiger partial charge in [0.15, 0.2) is 0 Å². The summed E-state index contributed by atoms with van der Waals surface area (Å²) in [4.78, 5) is 14.7. The van der Waals surface area contributed by atoms with Crippen LogP contribution in [0.4, 0.5) is 5.69 Å².